The van der Waals surface area contributed by atoms with Crippen LogP contribution in [0.25, 0.3) is 0 Å². The molecule has 3 unspecified atom stereocenters. The molecule has 4 aromatic rings. The first-order valence-corrected chi connectivity index (χ1v) is 15.4. The Labute approximate surface area is 252 Å². The summed E-state index contributed by atoms with van der Waals surface area (Å²) in [4.78, 5) is 4.56. The molecular weight excluding hydrogens is 566 g/mol. The first kappa shape index (κ1) is 31.9. The van der Waals surface area contributed by atoms with Crippen LogP contribution in [-0.2, 0) is 34.6 Å². The summed E-state index contributed by atoms with van der Waals surface area (Å²) in [6, 6.07) is 17.3. The van der Waals surface area contributed by atoms with E-state index >= 15 is 0 Å². The van der Waals surface area contributed by atoms with Gasteiger partial charge >= 0.3 is 0 Å². The predicted molar refractivity (Wildman–Crippen MR) is 165 cm³/mol. The zero-order valence-corrected chi connectivity index (χ0v) is 25.8. The summed E-state index contributed by atoms with van der Waals surface area (Å²) in [5.74, 6) is 4.21. The second-order valence-corrected chi connectivity index (χ2v) is 13.5. The molecule has 0 amide bonds. The van der Waals surface area contributed by atoms with E-state index in [1.807, 2.05) is 37.3 Å². The average Bonchev–Trinajstić information content (AvgIpc) is 3.25. The van der Waals surface area contributed by atoms with Gasteiger partial charge in [-0.15, -0.1) is 0 Å². The average molecular weight is 604 g/mol. The van der Waals surface area contributed by atoms with Crippen LogP contribution in [0.4, 0.5) is 5.69 Å². The van der Waals surface area contributed by atoms with Gasteiger partial charge in [0.05, 0.1) is 21.1 Å². The number of nitrogens with zero attached hydrogens (tertiary/aromatic N) is 4. The van der Waals surface area contributed by atoms with Gasteiger partial charge in [0.2, 0.25) is 0 Å². The number of aryl methyl sites for hydroxylation is 2. The Morgan fingerprint density at radius 1 is 0.953 bits per heavy atom. The highest BCUT2D eigenvalue weighted by Crippen LogP contribution is 2.28. The Kier molecular flexibility index (Phi) is 8.83. The van der Waals surface area contributed by atoms with Gasteiger partial charge in [0.15, 0.2) is 17.2 Å². The van der Waals surface area contributed by atoms with Crippen molar-refractivity contribution in [3.8, 4) is 11.8 Å². The molecule has 0 radical (unpaired) electrons. The van der Waals surface area contributed by atoms with Gasteiger partial charge < -0.3 is 25.7 Å². The summed E-state index contributed by atoms with van der Waals surface area (Å²) in [5.41, 5.74) is 0.926. The number of hydrogen-bond acceptors (Lipinski definition) is 9. The van der Waals surface area contributed by atoms with Gasteiger partial charge in [0.25, 0.3) is 0 Å². The van der Waals surface area contributed by atoms with Crippen LogP contribution in [0.15, 0.2) is 82.3 Å². The molecule has 2 aromatic heterocycles. The zero-order valence-electron chi connectivity index (χ0n) is 25.0. The van der Waals surface area contributed by atoms with Gasteiger partial charge in [0, 0.05) is 59.4 Å². The summed E-state index contributed by atoms with van der Waals surface area (Å²) in [7, 11) is -1.32. The lowest BCUT2D eigenvalue weighted by Crippen LogP contribution is -2.33. The molecule has 0 spiro atoms. The number of anilines is 1. The number of hydrogen-bond donors (Lipinski definition) is 5. The molecule has 4 rings (SSSR count). The van der Waals surface area contributed by atoms with Crippen molar-refractivity contribution in [3.63, 3.8) is 0 Å². The van der Waals surface area contributed by atoms with Crippen LogP contribution in [0.5, 0.6) is 0 Å². The Hall–Kier alpha value is -4.05. The Morgan fingerprint density at radius 2 is 1.65 bits per heavy atom. The van der Waals surface area contributed by atoms with Crippen LogP contribution >= 0.6 is 0 Å². The summed E-state index contributed by atoms with van der Waals surface area (Å²) in [6.45, 7) is 6.21. The maximum Gasteiger partial charge on any atom is 0.190 e. The molecular formula is C32H37N5O5S. The smallest absolute Gasteiger partial charge is 0.190 e. The lowest BCUT2D eigenvalue weighted by molar-refractivity contribution is -0.142. The van der Waals surface area contributed by atoms with Crippen molar-refractivity contribution < 1.29 is 24.6 Å². The Morgan fingerprint density at radius 3 is 2.33 bits per heavy atom. The van der Waals surface area contributed by atoms with E-state index in [0.29, 0.717) is 38.5 Å². The summed E-state index contributed by atoms with van der Waals surface area (Å²) < 4.78 is 19.5. The summed E-state index contributed by atoms with van der Waals surface area (Å²) >= 11 is 0. The Balaban J connectivity index is 1.57. The summed E-state index contributed by atoms with van der Waals surface area (Å²) in [5, 5.41) is 49.2. The fraction of sp³-hybridized carbons (Fsp3) is 0.312. The molecule has 0 bridgehead atoms. The number of nitrogens with one attached hydrogen (secondary N) is 1. The molecule has 0 saturated carbocycles. The normalized spacial score (nSPS) is 15.8. The van der Waals surface area contributed by atoms with E-state index in [0.717, 1.165) is 5.69 Å². The third-order valence-corrected chi connectivity index (χ3v) is 8.45. The van der Waals surface area contributed by atoms with Crippen molar-refractivity contribution in [2.75, 3.05) is 11.6 Å². The van der Waals surface area contributed by atoms with Crippen molar-refractivity contribution >= 4 is 15.4 Å². The molecule has 5 N–H and O–H groups in total. The molecule has 0 saturated heterocycles. The van der Waals surface area contributed by atoms with E-state index in [1.165, 1.54) is 26.3 Å². The van der Waals surface area contributed by atoms with E-state index in [2.05, 4.69) is 31.6 Å². The van der Waals surface area contributed by atoms with Crippen LogP contribution < -0.4 is 5.32 Å². The van der Waals surface area contributed by atoms with Crippen LogP contribution in [0.2, 0.25) is 0 Å². The van der Waals surface area contributed by atoms with Gasteiger partial charge in [-0.2, -0.15) is 9.46 Å². The molecule has 2 heterocycles. The largest absolute Gasteiger partial charge is 0.366 e. The van der Waals surface area contributed by atoms with E-state index < -0.39 is 27.0 Å². The van der Waals surface area contributed by atoms with E-state index in [1.54, 1.807) is 55.2 Å². The van der Waals surface area contributed by atoms with Crippen molar-refractivity contribution in [2.24, 2.45) is 11.4 Å². The van der Waals surface area contributed by atoms with Crippen molar-refractivity contribution in [1.82, 2.24) is 14.8 Å². The molecule has 0 aliphatic rings. The number of benzene rings is 2. The quantitative estimate of drug-likeness (QED) is 0.152. The van der Waals surface area contributed by atoms with E-state index in [-0.39, 0.29) is 6.42 Å². The van der Waals surface area contributed by atoms with Crippen LogP contribution in [0, 0.1) is 18.8 Å². The summed E-state index contributed by atoms with van der Waals surface area (Å²) in [6.07, 6.45) is 4.36. The minimum Gasteiger partial charge on any atom is -0.366 e. The first-order chi connectivity index (χ1) is 19.9. The molecule has 11 heteroatoms. The standard InChI is InChI=1S/C32H37N5O5S/c1-22-15-29(37(5)35-22)32(4,41)34-27-11-7-9-23(17-27)13-14-25-16-26(21-33-20-25)31(3,40)36-43(6,42)28-12-8-10-24(18-28)19-30(2,38)39/h7-12,15-18,20-21,34,38-41H,19H2,1-6H3. The molecule has 226 valence electrons. The highest BCUT2D eigenvalue weighted by atomic mass is 32.2. The number of rotatable bonds is 8. The second-order valence-electron chi connectivity index (χ2n) is 11.2. The number of aromatic nitrogens is 3. The topological polar surface area (TPSA) is 153 Å². The molecule has 2 aromatic carbocycles. The van der Waals surface area contributed by atoms with Crippen LogP contribution in [-0.4, -0.2) is 51.4 Å². The maximum atomic E-state index is 13.6. The van der Waals surface area contributed by atoms with E-state index in [9.17, 15) is 24.6 Å². The van der Waals surface area contributed by atoms with Gasteiger partial charge in [-0.1, -0.05) is 30.0 Å². The molecule has 43 heavy (non-hydrogen) atoms. The van der Waals surface area contributed by atoms with Gasteiger partial charge in [-0.3, -0.25) is 9.67 Å². The number of aliphatic hydroxyl groups is 4. The minimum atomic E-state index is -3.09. The van der Waals surface area contributed by atoms with Gasteiger partial charge in [0.1, 0.15) is 0 Å². The van der Waals surface area contributed by atoms with Gasteiger partial charge in [-0.05, 0) is 75.7 Å². The van der Waals surface area contributed by atoms with Crippen LogP contribution in [0.3, 0.4) is 0 Å². The molecule has 0 aliphatic heterocycles. The lowest BCUT2D eigenvalue weighted by atomic mass is 10.1. The van der Waals surface area contributed by atoms with E-state index in [4.69, 9.17) is 0 Å². The third-order valence-electron chi connectivity index (χ3n) is 6.61. The SMILES string of the molecule is Cc1cc(C(C)(O)Nc2cccc(C#Cc3cncc(C(C)(O)N=S(C)(=O)c4cccc(CC(C)(O)O)c4)c3)c2)n(C)n1. The van der Waals surface area contributed by atoms with Crippen LogP contribution in [0.1, 0.15) is 54.4 Å². The minimum absolute atomic E-state index is 0.0558. The number of pyridine rings is 1. The molecule has 10 nitrogen and oxygen atoms in total. The Bertz CT molecular complexity index is 1820. The monoisotopic (exact) mass is 603 g/mol. The first-order valence-electron chi connectivity index (χ1n) is 13.5. The van der Waals surface area contributed by atoms with Crippen molar-refractivity contribution in [1.29, 1.82) is 0 Å². The van der Waals surface area contributed by atoms with Crippen molar-refractivity contribution in [3.05, 3.63) is 107 Å². The van der Waals surface area contributed by atoms with Crippen molar-refractivity contribution in [2.45, 2.75) is 56.2 Å². The molecule has 3 atom stereocenters. The fourth-order valence-electron chi connectivity index (χ4n) is 4.72. The lowest BCUT2D eigenvalue weighted by Gasteiger charge is -2.26. The highest BCUT2D eigenvalue weighted by Gasteiger charge is 2.28. The third kappa shape index (κ3) is 8.28. The second kappa shape index (κ2) is 11.9. The zero-order chi connectivity index (χ0) is 31.6. The predicted octanol–water partition coefficient (Wildman–Crippen LogP) is 3.37. The van der Waals surface area contributed by atoms with Gasteiger partial charge in [-0.25, -0.2) is 4.21 Å². The fourth-order valence-corrected chi connectivity index (χ4v) is 6.31. The maximum absolute atomic E-state index is 13.6. The molecule has 0 fully saturated rings. The molecule has 0 aliphatic carbocycles. The highest BCUT2D eigenvalue weighted by molar-refractivity contribution is 7.93.